The minimum atomic E-state index is 0.00694. The second-order valence-corrected chi connectivity index (χ2v) is 5.77. The summed E-state index contributed by atoms with van der Waals surface area (Å²) < 4.78 is 5.52. The quantitative estimate of drug-likeness (QED) is 0.749. The van der Waals surface area contributed by atoms with Crippen molar-refractivity contribution in [1.82, 2.24) is 4.90 Å². The topological polar surface area (TPSA) is 29.5 Å². The number of nitrogens with zero attached hydrogens (tertiary/aromatic N) is 1. The van der Waals surface area contributed by atoms with E-state index in [1.54, 1.807) is 24.3 Å². The molecule has 1 aliphatic rings. The molecule has 1 aromatic rings. The predicted octanol–water partition coefficient (Wildman–Crippen LogP) is 3.73. The molecule has 0 saturated heterocycles. The Hall–Kier alpha value is -0.930. The number of benzene rings is 1. The van der Waals surface area contributed by atoms with Gasteiger partial charge in [-0.2, -0.15) is 0 Å². The lowest BCUT2D eigenvalue weighted by Crippen LogP contribution is -2.42. The van der Waals surface area contributed by atoms with E-state index in [2.05, 4.69) is 0 Å². The van der Waals surface area contributed by atoms with Crippen LogP contribution in [0.25, 0.3) is 0 Å². The molecule has 0 bridgehead atoms. The van der Waals surface area contributed by atoms with Gasteiger partial charge in [0.1, 0.15) is 5.75 Å². The largest absolute Gasteiger partial charge is 0.484 e. The van der Waals surface area contributed by atoms with Crippen molar-refractivity contribution in [3.8, 4) is 5.75 Å². The van der Waals surface area contributed by atoms with E-state index in [1.807, 2.05) is 4.90 Å². The van der Waals surface area contributed by atoms with Gasteiger partial charge in [-0.05, 0) is 37.1 Å². The fourth-order valence-electron chi connectivity index (χ4n) is 2.58. The van der Waals surface area contributed by atoms with Crippen molar-refractivity contribution in [1.29, 1.82) is 0 Å². The third kappa shape index (κ3) is 4.29. The molecule has 0 radical (unpaired) electrons. The lowest BCUT2D eigenvalue weighted by Gasteiger charge is -2.28. The van der Waals surface area contributed by atoms with Gasteiger partial charge in [-0.1, -0.05) is 24.4 Å². The number of carbonyl (C=O) groups is 1. The van der Waals surface area contributed by atoms with Crippen LogP contribution in [0.15, 0.2) is 24.3 Å². The van der Waals surface area contributed by atoms with E-state index in [-0.39, 0.29) is 12.5 Å². The van der Waals surface area contributed by atoms with E-state index in [0.29, 0.717) is 29.2 Å². The lowest BCUT2D eigenvalue weighted by atomic mass is 10.2. The Morgan fingerprint density at radius 3 is 2.50 bits per heavy atom. The molecule has 1 saturated carbocycles. The summed E-state index contributed by atoms with van der Waals surface area (Å²) in [4.78, 5) is 14.1. The molecule has 0 aromatic heterocycles. The van der Waals surface area contributed by atoms with Crippen molar-refractivity contribution < 1.29 is 9.53 Å². The van der Waals surface area contributed by atoms with Crippen molar-refractivity contribution >= 4 is 29.1 Å². The summed E-state index contributed by atoms with van der Waals surface area (Å²) >= 11 is 11.6. The summed E-state index contributed by atoms with van der Waals surface area (Å²) in [5.74, 6) is 1.12. The van der Waals surface area contributed by atoms with Gasteiger partial charge in [-0.3, -0.25) is 4.79 Å². The van der Waals surface area contributed by atoms with Crippen molar-refractivity contribution in [3.05, 3.63) is 29.3 Å². The summed E-state index contributed by atoms with van der Waals surface area (Å²) in [5.41, 5.74) is 0. The van der Waals surface area contributed by atoms with Crippen LogP contribution in [0.1, 0.15) is 25.7 Å². The Labute approximate surface area is 129 Å². The average Bonchev–Trinajstić information content (AvgIpc) is 2.97. The average molecular weight is 316 g/mol. The maximum absolute atomic E-state index is 12.3. The highest BCUT2D eigenvalue weighted by atomic mass is 35.5. The van der Waals surface area contributed by atoms with Crippen LogP contribution in [-0.4, -0.2) is 35.9 Å². The number of ether oxygens (including phenoxy) is 1. The van der Waals surface area contributed by atoms with Gasteiger partial charge in [-0.15, -0.1) is 11.6 Å². The zero-order valence-corrected chi connectivity index (χ0v) is 12.9. The maximum atomic E-state index is 12.3. The van der Waals surface area contributed by atoms with E-state index in [4.69, 9.17) is 27.9 Å². The summed E-state index contributed by atoms with van der Waals surface area (Å²) in [6.45, 7) is 0.643. The number of hydrogen-bond acceptors (Lipinski definition) is 2. The zero-order chi connectivity index (χ0) is 14.4. The summed E-state index contributed by atoms with van der Waals surface area (Å²) in [6.07, 6.45) is 4.52. The molecule has 2 rings (SSSR count). The van der Waals surface area contributed by atoms with Gasteiger partial charge >= 0.3 is 0 Å². The van der Waals surface area contributed by atoms with E-state index in [1.165, 1.54) is 12.8 Å². The van der Waals surface area contributed by atoms with Crippen molar-refractivity contribution in [2.45, 2.75) is 31.7 Å². The van der Waals surface area contributed by atoms with Crippen LogP contribution in [0.4, 0.5) is 0 Å². The Morgan fingerprint density at radius 1 is 1.25 bits per heavy atom. The monoisotopic (exact) mass is 315 g/mol. The molecular formula is C15H19Cl2NO2. The molecule has 1 aromatic carbocycles. The van der Waals surface area contributed by atoms with Gasteiger partial charge in [-0.25, -0.2) is 0 Å². The van der Waals surface area contributed by atoms with E-state index in [0.717, 1.165) is 12.8 Å². The van der Waals surface area contributed by atoms with Crippen LogP contribution < -0.4 is 4.74 Å². The highest BCUT2D eigenvalue weighted by Gasteiger charge is 2.26. The maximum Gasteiger partial charge on any atom is 0.260 e. The third-order valence-electron chi connectivity index (χ3n) is 3.59. The van der Waals surface area contributed by atoms with Crippen LogP contribution in [-0.2, 0) is 4.79 Å². The Bertz CT molecular complexity index is 430. The van der Waals surface area contributed by atoms with Gasteiger partial charge in [0, 0.05) is 23.5 Å². The van der Waals surface area contributed by atoms with Crippen LogP contribution in [0.5, 0.6) is 5.75 Å². The molecule has 0 N–H and O–H groups in total. The smallest absolute Gasteiger partial charge is 0.260 e. The van der Waals surface area contributed by atoms with Crippen molar-refractivity contribution in [3.63, 3.8) is 0 Å². The van der Waals surface area contributed by atoms with Crippen LogP contribution >= 0.6 is 23.2 Å². The molecule has 1 aliphatic carbocycles. The molecule has 20 heavy (non-hydrogen) atoms. The minimum Gasteiger partial charge on any atom is -0.484 e. The first-order valence-electron chi connectivity index (χ1n) is 6.94. The van der Waals surface area contributed by atoms with Crippen LogP contribution in [0.2, 0.25) is 5.02 Å². The summed E-state index contributed by atoms with van der Waals surface area (Å²) in [7, 11) is 0. The van der Waals surface area contributed by atoms with Gasteiger partial charge in [0.05, 0.1) is 0 Å². The first kappa shape index (κ1) is 15.5. The number of amides is 1. The molecule has 110 valence electrons. The minimum absolute atomic E-state index is 0.00694. The fourth-order valence-corrected chi connectivity index (χ4v) is 2.88. The lowest BCUT2D eigenvalue weighted by molar-refractivity contribution is -0.135. The van der Waals surface area contributed by atoms with Gasteiger partial charge in [0.2, 0.25) is 0 Å². The van der Waals surface area contributed by atoms with E-state index in [9.17, 15) is 4.79 Å². The second-order valence-electron chi connectivity index (χ2n) is 4.96. The molecule has 5 heteroatoms. The Balaban J connectivity index is 1.89. The highest BCUT2D eigenvalue weighted by Crippen LogP contribution is 2.24. The van der Waals surface area contributed by atoms with Gasteiger partial charge < -0.3 is 9.64 Å². The summed E-state index contributed by atoms with van der Waals surface area (Å²) in [6, 6.07) is 7.34. The molecule has 0 spiro atoms. The molecule has 0 aliphatic heterocycles. The molecule has 0 unspecified atom stereocenters. The molecule has 0 heterocycles. The second kappa shape index (κ2) is 7.75. The van der Waals surface area contributed by atoms with Crippen molar-refractivity contribution in [2.75, 3.05) is 19.0 Å². The SMILES string of the molecule is O=C(COc1ccc(Cl)cc1)N(CCCl)C1CCCC1. The first-order chi connectivity index (χ1) is 9.70. The highest BCUT2D eigenvalue weighted by molar-refractivity contribution is 6.30. The first-order valence-corrected chi connectivity index (χ1v) is 7.86. The third-order valence-corrected chi connectivity index (χ3v) is 4.01. The number of alkyl halides is 1. The van der Waals surface area contributed by atoms with Crippen LogP contribution in [0, 0.1) is 0 Å². The standard InChI is InChI=1S/C15H19Cl2NO2/c16-9-10-18(13-3-1-2-4-13)15(19)11-20-14-7-5-12(17)6-8-14/h5-8,13H,1-4,9-11H2. The fraction of sp³-hybridized carbons (Fsp3) is 0.533. The number of rotatable bonds is 6. The van der Waals surface area contributed by atoms with Crippen LogP contribution in [0.3, 0.4) is 0 Å². The molecule has 3 nitrogen and oxygen atoms in total. The number of carbonyl (C=O) groups excluding carboxylic acids is 1. The molecule has 1 amide bonds. The van der Waals surface area contributed by atoms with E-state index >= 15 is 0 Å². The zero-order valence-electron chi connectivity index (χ0n) is 11.4. The predicted molar refractivity (Wildman–Crippen MR) is 81.6 cm³/mol. The number of halogens is 2. The molecule has 0 atom stereocenters. The van der Waals surface area contributed by atoms with Gasteiger partial charge in [0.25, 0.3) is 5.91 Å². The number of hydrogen-bond donors (Lipinski definition) is 0. The van der Waals surface area contributed by atoms with Crippen molar-refractivity contribution in [2.24, 2.45) is 0 Å². The van der Waals surface area contributed by atoms with Gasteiger partial charge in [0.15, 0.2) is 6.61 Å². The molecular weight excluding hydrogens is 297 g/mol. The summed E-state index contributed by atoms with van der Waals surface area (Å²) in [5, 5.41) is 0.651. The van der Waals surface area contributed by atoms with E-state index < -0.39 is 0 Å². The molecule has 1 fully saturated rings. The normalized spacial score (nSPS) is 15.3. The Morgan fingerprint density at radius 2 is 1.90 bits per heavy atom. The Kier molecular flexibility index (Phi) is 5.99.